The summed E-state index contributed by atoms with van der Waals surface area (Å²) in [4.78, 5) is 10.7. The standard InChI is InChI=1S/C14H21N5/c1-18(8-4-13-2-6-16-7-3-13)10-14-11-19(9-5-15)12-17-14/h2-3,6-7,11-12H,4-5,8-10,15H2,1H3. The Balaban J connectivity index is 1.78. The van der Waals surface area contributed by atoms with Gasteiger partial charge in [-0.05, 0) is 31.2 Å². The molecule has 2 N–H and O–H groups in total. The minimum Gasteiger partial charge on any atom is -0.336 e. The van der Waals surface area contributed by atoms with Crippen molar-refractivity contribution in [2.24, 2.45) is 5.73 Å². The van der Waals surface area contributed by atoms with E-state index >= 15 is 0 Å². The van der Waals surface area contributed by atoms with Gasteiger partial charge < -0.3 is 15.2 Å². The van der Waals surface area contributed by atoms with Crippen LogP contribution < -0.4 is 5.73 Å². The number of pyridine rings is 1. The topological polar surface area (TPSA) is 60.0 Å². The van der Waals surface area contributed by atoms with Gasteiger partial charge in [-0.15, -0.1) is 0 Å². The van der Waals surface area contributed by atoms with Crippen molar-refractivity contribution < 1.29 is 0 Å². The fourth-order valence-corrected chi connectivity index (χ4v) is 1.98. The summed E-state index contributed by atoms with van der Waals surface area (Å²) in [7, 11) is 2.11. The molecule has 0 radical (unpaired) electrons. The number of imidazole rings is 1. The first-order valence-electron chi connectivity index (χ1n) is 6.56. The molecule has 0 atom stereocenters. The number of likely N-dealkylation sites (N-methyl/N-ethyl adjacent to an activating group) is 1. The van der Waals surface area contributed by atoms with Gasteiger partial charge >= 0.3 is 0 Å². The van der Waals surface area contributed by atoms with Crippen LogP contribution in [0, 0.1) is 0 Å². The van der Waals surface area contributed by atoms with Crippen molar-refractivity contribution >= 4 is 0 Å². The van der Waals surface area contributed by atoms with E-state index in [1.807, 2.05) is 23.3 Å². The summed E-state index contributed by atoms with van der Waals surface area (Å²) >= 11 is 0. The molecular formula is C14H21N5. The fraction of sp³-hybridized carbons (Fsp3) is 0.429. The van der Waals surface area contributed by atoms with E-state index < -0.39 is 0 Å². The molecule has 0 aliphatic carbocycles. The molecule has 102 valence electrons. The third-order valence-electron chi connectivity index (χ3n) is 3.04. The zero-order chi connectivity index (χ0) is 13.5. The maximum atomic E-state index is 5.52. The minimum atomic E-state index is 0.647. The Kier molecular flexibility index (Phi) is 5.06. The second-order valence-electron chi connectivity index (χ2n) is 4.73. The molecule has 2 aromatic rings. The summed E-state index contributed by atoms with van der Waals surface area (Å²) in [6.07, 6.45) is 8.62. The maximum absolute atomic E-state index is 5.52. The van der Waals surface area contributed by atoms with E-state index in [9.17, 15) is 0 Å². The molecule has 0 aromatic carbocycles. The average molecular weight is 259 g/mol. The largest absolute Gasteiger partial charge is 0.336 e. The van der Waals surface area contributed by atoms with E-state index in [2.05, 4.69) is 40.2 Å². The van der Waals surface area contributed by atoms with Crippen molar-refractivity contribution in [2.75, 3.05) is 20.1 Å². The van der Waals surface area contributed by atoms with Crippen LogP contribution in [0.25, 0.3) is 0 Å². The number of hydrogen-bond acceptors (Lipinski definition) is 4. The van der Waals surface area contributed by atoms with Crippen LogP contribution in [0.3, 0.4) is 0 Å². The Morgan fingerprint density at radius 3 is 2.84 bits per heavy atom. The van der Waals surface area contributed by atoms with E-state index in [0.29, 0.717) is 6.54 Å². The molecule has 19 heavy (non-hydrogen) atoms. The lowest BCUT2D eigenvalue weighted by Crippen LogP contribution is -2.21. The van der Waals surface area contributed by atoms with Crippen LogP contribution in [0.2, 0.25) is 0 Å². The molecule has 5 heteroatoms. The predicted molar refractivity (Wildman–Crippen MR) is 75.6 cm³/mol. The molecule has 0 aliphatic heterocycles. The second kappa shape index (κ2) is 7.01. The van der Waals surface area contributed by atoms with Crippen molar-refractivity contribution in [2.45, 2.75) is 19.5 Å². The molecule has 0 fully saturated rings. The number of hydrogen-bond donors (Lipinski definition) is 1. The molecule has 0 amide bonds. The molecule has 2 heterocycles. The van der Waals surface area contributed by atoms with Crippen LogP contribution >= 0.6 is 0 Å². The lowest BCUT2D eigenvalue weighted by Gasteiger charge is -2.14. The number of nitrogens with zero attached hydrogens (tertiary/aromatic N) is 4. The van der Waals surface area contributed by atoms with Gasteiger partial charge in [-0.1, -0.05) is 0 Å². The van der Waals surface area contributed by atoms with Crippen molar-refractivity contribution in [1.29, 1.82) is 0 Å². The highest BCUT2D eigenvalue weighted by atomic mass is 15.1. The van der Waals surface area contributed by atoms with Crippen LogP contribution in [0.4, 0.5) is 0 Å². The van der Waals surface area contributed by atoms with Gasteiger partial charge in [-0.3, -0.25) is 4.98 Å². The van der Waals surface area contributed by atoms with Gasteiger partial charge in [-0.2, -0.15) is 0 Å². The van der Waals surface area contributed by atoms with Crippen LogP contribution in [0.1, 0.15) is 11.3 Å². The predicted octanol–water partition coefficient (Wildman–Crippen LogP) is 0.911. The zero-order valence-electron chi connectivity index (χ0n) is 11.4. The van der Waals surface area contributed by atoms with Crippen LogP contribution in [-0.4, -0.2) is 39.6 Å². The van der Waals surface area contributed by atoms with Crippen molar-refractivity contribution in [3.8, 4) is 0 Å². The summed E-state index contributed by atoms with van der Waals surface area (Å²) in [5, 5.41) is 0. The van der Waals surface area contributed by atoms with E-state index in [1.165, 1.54) is 5.56 Å². The lowest BCUT2D eigenvalue weighted by molar-refractivity contribution is 0.327. The van der Waals surface area contributed by atoms with Crippen LogP contribution in [0.5, 0.6) is 0 Å². The van der Waals surface area contributed by atoms with Gasteiger partial charge in [0.2, 0.25) is 0 Å². The Hall–Kier alpha value is -1.72. The highest BCUT2D eigenvalue weighted by Gasteiger charge is 2.04. The van der Waals surface area contributed by atoms with Gasteiger partial charge in [0, 0.05) is 44.8 Å². The lowest BCUT2D eigenvalue weighted by atomic mass is 10.2. The van der Waals surface area contributed by atoms with Gasteiger partial charge in [0.25, 0.3) is 0 Å². The maximum Gasteiger partial charge on any atom is 0.0950 e. The smallest absolute Gasteiger partial charge is 0.0950 e. The normalized spacial score (nSPS) is 11.1. The van der Waals surface area contributed by atoms with Crippen molar-refractivity contribution in [1.82, 2.24) is 19.4 Å². The van der Waals surface area contributed by atoms with Gasteiger partial charge in [0.1, 0.15) is 0 Å². The molecule has 0 bridgehead atoms. The monoisotopic (exact) mass is 259 g/mol. The molecule has 0 saturated carbocycles. The molecule has 0 unspecified atom stereocenters. The Morgan fingerprint density at radius 1 is 1.32 bits per heavy atom. The van der Waals surface area contributed by atoms with Gasteiger partial charge in [-0.25, -0.2) is 4.98 Å². The van der Waals surface area contributed by atoms with E-state index in [-0.39, 0.29) is 0 Å². The first-order valence-corrected chi connectivity index (χ1v) is 6.56. The first kappa shape index (κ1) is 13.7. The highest BCUT2D eigenvalue weighted by Crippen LogP contribution is 2.03. The second-order valence-corrected chi connectivity index (χ2v) is 4.73. The summed E-state index contributed by atoms with van der Waals surface area (Å²) in [6, 6.07) is 4.12. The minimum absolute atomic E-state index is 0.647. The SMILES string of the molecule is CN(CCc1ccncc1)Cc1cn(CCN)cn1. The molecule has 0 saturated heterocycles. The summed E-state index contributed by atoms with van der Waals surface area (Å²) < 4.78 is 2.03. The van der Waals surface area contributed by atoms with Crippen molar-refractivity contribution in [3.63, 3.8) is 0 Å². The van der Waals surface area contributed by atoms with Crippen LogP contribution in [0.15, 0.2) is 37.1 Å². The summed E-state index contributed by atoms with van der Waals surface area (Å²) in [6.45, 7) is 3.35. The first-order chi connectivity index (χ1) is 9.28. The van der Waals surface area contributed by atoms with E-state index in [1.54, 1.807) is 0 Å². The number of rotatable bonds is 7. The molecule has 2 aromatic heterocycles. The van der Waals surface area contributed by atoms with Gasteiger partial charge in [0.05, 0.1) is 12.0 Å². The molecule has 5 nitrogen and oxygen atoms in total. The molecule has 0 aliphatic rings. The quantitative estimate of drug-likeness (QED) is 0.803. The molecule has 2 rings (SSSR count). The molecular weight excluding hydrogens is 238 g/mol. The zero-order valence-corrected chi connectivity index (χ0v) is 11.4. The summed E-state index contributed by atoms with van der Waals surface area (Å²) in [5.41, 5.74) is 7.92. The highest BCUT2D eigenvalue weighted by molar-refractivity contribution is 5.10. The molecule has 0 spiro atoms. The Labute approximate surface area is 114 Å². The number of nitrogens with two attached hydrogens (primary N) is 1. The van der Waals surface area contributed by atoms with E-state index in [0.717, 1.165) is 31.7 Å². The Bertz CT molecular complexity index is 480. The fourth-order valence-electron chi connectivity index (χ4n) is 1.98. The van der Waals surface area contributed by atoms with Crippen molar-refractivity contribution in [3.05, 3.63) is 48.3 Å². The average Bonchev–Trinajstić information content (AvgIpc) is 2.85. The van der Waals surface area contributed by atoms with Crippen LogP contribution in [-0.2, 0) is 19.5 Å². The number of aromatic nitrogens is 3. The third kappa shape index (κ3) is 4.46. The third-order valence-corrected chi connectivity index (χ3v) is 3.04. The van der Waals surface area contributed by atoms with E-state index in [4.69, 9.17) is 5.73 Å². The summed E-state index contributed by atoms with van der Waals surface area (Å²) in [5.74, 6) is 0. The Morgan fingerprint density at radius 2 is 2.11 bits per heavy atom. The van der Waals surface area contributed by atoms with Gasteiger partial charge in [0.15, 0.2) is 0 Å².